The molecule has 0 radical (unpaired) electrons. The van der Waals surface area contributed by atoms with Crippen LogP contribution in [0.4, 0.5) is 0 Å². The van der Waals surface area contributed by atoms with E-state index in [0.717, 1.165) is 5.70 Å². The second kappa shape index (κ2) is 7.84. The van der Waals surface area contributed by atoms with E-state index in [0.29, 0.717) is 0 Å². The van der Waals surface area contributed by atoms with E-state index < -0.39 is 0 Å². The molecule has 0 aliphatic carbocycles. The second-order valence-corrected chi connectivity index (χ2v) is 9.87. The average molecular weight is 473 g/mol. The van der Waals surface area contributed by atoms with Crippen molar-refractivity contribution in [2.24, 2.45) is 0 Å². The highest BCUT2D eigenvalue weighted by molar-refractivity contribution is 6.33. The Kier molecular flexibility index (Phi) is 4.32. The third kappa shape index (κ3) is 3.06. The highest BCUT2D eigenvalue weighted by Crippen LogP contribution is 2.42. The van der Waals surface area contributed by atoms with Crippen molar-refractivity contribution in [1.29, 1.82) is 0 Å². The molecule has 1 N–H and O–H groups in total. The van der Waals surface area contributed by atoms with Crippen molar-refractivity contribution in [2.75, 3.05) is 0 Å². The molecule has 8 rings (SSSR count). The van der Waals surface area contributed by atoms with Gasteiger partial charge < -0.3 is 10.2 Å². The van der Waals surface area contributed by atoms with Gasteiger partial charge in [0.1, 0.15) is 6.17 Å². The average Bonchev–Trinajstić information content (AvgIpc) is 3.41. The van der Waals surface area contributed by atoms with Crippen molar-refractivity contribution in [3.8, 4) is 11.1 Å². The van der Waals surface area contributed by atoms with Gasteiger partial charge in [-0.2, -0.15) is 0 Å². The summed E-state index contributed by atoms with van der Waals surface area (Å²) in [5.41, 5.74) is 4.83. The predicted octanol–water partition coefficient (Wildman–Crippen LogP) is 8.58. The number of fused-ring (bicyclic) bond motifs is 9. The van der Waals surface area contributed by atoms with Crippen molar-refractivity contribution in [3.63, 3.8) is 0 Å². The van der Waals surface area contributed by atoms with Crippen LogP contribution in [0.2, 0.25) is 0 Å². The molecule has 6 aromatic rings. The number of hydrogen-bond donors (Lipinski definition) is 1. The molecule has 1 atom stereocenters. The standard InChI is InChI=1S/C35H24N2/c1-2-14-27-25(12-1)26-13-3-5-16-29(26)35-30-17-6-4-15-28(30)31(21-32(27)35)23-10-9-11-24(20-23)33-22-37-19-8-7-18-34(37)36-33/h1-22,34,36H. The van der Waals surface area contributed by atoms with Gasteiger partial charge in [-0.3, -0.25) is 0 Å². The molecule has 6 aromatic carbocycles. The van der Waals surface area contributed by atoms with Crippen LogP contribution >= 0.6 is 0 Å². The van der Waals surface area contributed by atoms with E-state index in [1.54, 1.807) is 0 Å². The third-order valence-corrected chi connectivity index (χ3v) is 7.80. The number of rotatable bonds is 2. The second-order valence-electron chi connectivity index (χ2n) is 9.87. The van der Waals surface area contributed by atoms with Crippen molar-refractivity contribution >= 4 is 48.8 Å². The van der Waals surface area contributed by atoms with Crippen molar-refractivity contribution in [1.82, 2.24) is 10.2 Å². The molecule has 37 heavy (non-hydrogen) atoms. The van der Waals surface area contributed by atoms with Crippen LogP contribution in [0.15, 0.2) is 134 Å². The first-order valence-corrected chi connectivity index (χ1v) is 12.8. The highest BCUT2D eigenvalue weighted by atomic mass is 15.3. The van der Waals surface area contributed by atoms with E-state index in [2.05, 4.69) is 144 Å². The molecule has 0 aromatic heterocycles. The summed E-state index contributed by atoms with van der Waals surface area (Å²) in [5.74, 6) is 0. The molecular formula is C35H24N2. The molecule has 0 bridgehead atoms. The molecule has 2 heteroatoms. The Hall–Kier alpha value is -4.82. The van der Waals surface area contributed by atoms with E-state index in [9.17, 15) is 0 Å². The largest absolute Gasteiger partial charge is 0.360 e. The fourth-order valence-electron chi connectivity index (χ4n) is 6.12. The SMILES string of the molecule is C1=CC2NC(c3cccc(-c4cc5c6ccccc6c6ccccc6c5c5ccccc45)c3)=CN2C=C1. The van der Waals surface area contributed by atoms with Crippen LogP contribution in [0.25, 0.3) is 59.9 Å². The van der Waals surface area contributed by atoms with Gasteiger partial charge in [0.25, 0.3) is 0 Å². The predicted molar refractivity (Wildman–Crippen MR) is 157 cm³/mol. The molecule has 174 valence electrons. The van der Waals surface area contributed by atoms with E-state index in [1.165, 1.54) is 59.8 Å². The topological polar surface area (TPSA) is 15.3 Å². The number of allylic oxidation sites excluding steroid dienone is 2. The lowest BCUT2D eigenvalue weighted by molar-refractivity contribution is 0.427. The van der Waals surface area contributed by atoms with Gasteiger partial charge in [-0.15, -0.1) is 0 Å². The fraction of sp³-hybridized carbons (Fsp3) is 0.0286. The van der Waals surface area contributed by atoms with Gasteiger partial charge >= 0.3 is 0 Å². The normalized spacial score (nSPS) is 16.5. The highest BCUT2D eigenvalue weighted by Gasteiger charge is 2.22. The Balaban J connectivity index is 1.42. The molecular weight excluding hydrogens is 448 g/mol. The number of benzene rings is 6. The van der Waals surface area contributed by atoms with Gasteiger partial charge in [0.15, 0.2) is 0 Å². The number of nitrogens with zero attached hydrogens (tertiary/aromatic N) is 1. The first-order chi connectivity index (χ1) is 18.3. The van der Waals surface area contributed by atoms with Crippen LogP contribution in [-0.4, -0.2) is 11.1 Å². The smallest absolute Gasteiger partial charge is 0.122 e. The van der Waals surface area contributed by atoms with E-state index in [-0.39, 0.29) is 6.17 Å². The zero-order valence-corrected chi connectivity index (χ0v) is 20.2. The maximum atomic E-state index is 3.65. The zero-order chi connectivity index (χ0) is 24.3. The summed E-state index contributed by atoms with van der Waals surface area (Å²) in [6, 6.07) is 37.9. The van der Waals surface area contributed by atoms with Crippen LogP contribution in [0.3, 0.4) is 0 Å². The maximum absolute atomic E-state index is 3.65. The van der Waals surface area contributed by atoms with Crippen molar-refractivity contribution in [2.45, 2.75) is 6.17 Å². The molecule has 2 aliphatic heterocycles. The number of nitrogens with one attached hydrogen (secondary N) is 1. The van der Waals surface area contributed by atoms with Crippen LogP contribution in [0.5, 0.6) is 0 Å². The van der Waals surface area contributed by atoms with Gasteiger partial charge in [-0.25, -0.2) is 0 Å². The summed E-state index contributed by atoms with van der Waals surface area (Å²) in [6.07, 6.45) is 10.8. The fourth-order valence-corrected chi connectivity index (χ4v) is 6.12. The maximum Gasteiger partial charge on any atom is 0.122 e. The summed E-state index contributed by atoms with van der Waals surface area (Å²) in [4.78, 5) is 2.21. The molecule has 0 amide bonds. The third-order valence-electron chi connectivity index (χ3n) is 7.80. The minimum absolute atomic E-state index is 0.185. The van der Waals surface area contributed by atoms with Gasteiger partial charge in [0.05, 0.1) is 5.70 Å². The summed E-state index contributed by atoms with van der Waals surface area (Å²) in [5, 5.41) is 14.1. The summed E-state index contributed by atoms with van der Waals surface area (Å²) >= 11 is 0. The summed E-state index contributed by atoms with van der Waals surface area (Å²) in [7, 11) is 0. The Labute approximate surface area is 215 Å². The first-order valence-electron chi connectivity index (χ1n) is 12.8. The molecule has 0 fully saturated rings. The quantitative estimate of drug-likeness (QED) is 0.254. The van der Waals surface area contributed by atoms with Gasteiger partial charge in [-0.05, 0) is 84.1 Å². The Morgan fingerprint density at radius 1 is 0.541 bits per heavy atom. The lowest BCUT2D eigenvalue weighted by Gasteiger charge is -2.20. The first kappa shape index (κ1) is 20.4. The molecule has 1 unspecified atom stereocenters. The van der Waals surface area contributed by atoms with Crippen molar-refractivity contribution < 1.29 is 0 Å². The molecule has 0 saturated carbocycles. The van der Waals surface area contributed by atoms with Crippen LogP contribution < -0.4 is 5.32 Å². The van der Waals surface area contributed by atoms with Crippen LogP contribution in [0.1, 0.15) is 5.56 Å². The van der Waals surface area contributed by atoms with Crippen LogP contribution in [-0.2, 0) is 0 Å². The molecule has 0 saturated heterocycles. The van der Waals surface area contributed by atoms with Gasteiger partial charge in [0, 0.05) is 12.4 Å². The summed E-state index contributed by atoms with van der Waals surface area (Å²) < 4.78 is 0. The monoisotopic (exact) mass is 472 g/mol. The molecule has 2 aliphatic rings. The van der Waals surface area contributed by atoms with Crippen LogP contribution in [0, 0.1) is 0 Å². The molecule has 2 nitrogen and oxygen atoms in total. The van der Waals surface area contributed by atoms with E-state index in [1.807, 2.05) is 0 Å². The Bertz CT molecular complexity index is 1980. The molecule has 0 spiro atoms. The van der Waals surface area contributed by atoms with Crippen molar-refractivity contribution in [3.05, 3.63) is 139 Å². The van der Waals surface area contributed by atoms with Gasteiger partial charge in [0.2, 0.25) is 0 Å². The van der Waals surface area contributed by atoms with E-state index >= 15 is 0 Å². The van der Waals surface area contributed by atoms with Gasteiger partial charge in [-0.1, -0.05) is 97.1 Å². The Morgan fingerprint density at radius 2 is 1.16 bits per heavy atom. The Morgan fingerprint density at radius 3 is 1.92 bits per heavy atom. The number of hydrogen-bond acceptors (Lipinski definition) is 2. The lowest BCUT2D eigenvalue weighted by atomic mass is 9.87. The molecule has 2 heterocycles. The van der Waals surface area contributed by atoms with E-state index in [4.69, 9.17) is 0 Å². The summed E-state index contributed by atoms with van der Waals surface area (Å²) in [6.45, 7) is 0. The minimum Gasteiger partial charge on any atom is -0.360 e. The lowest BCUT2D eigenvalue weighted by Crippen LogP contribution is -2.31. The minimum atomic E-state index is 0.185. The zero-order valence-electron chi connectivity index (χ0n) is 20.2.